The highest BCUT2D eigenvalue weighted by molar-refractivity contribution is 6.00. The van der Waals surface area contributed by atoms with Gasteiger partial charge in [-0.1, -0.05) is 32.0 Å². The fraction of sp³-hybridized carbons (Fsp3) is 0.320. The third-order valence-corrected chi connectivity index (χ3v) is 5.95. The van der Waals surface area contributed by atoms with Crippen LogP contribution >= 0.6 is 0 Å². The average Bonchev–Trinajstić information content (AvgIpc) is 3.16. The van der Waals surface area contributed by atoms with Crippen molar-refractivity contribution < 1.29 is 13.9 Å². The summed E-state index contributed by atoms with van der Waals surface area (Å²) < 4.78 is 21.1. The Morgan fingerprint density at radius 3 is 2.66 bits per heavy atom. The molecule has 6 nitrogen and oxygen atoms in total. The van der Waals surface area contributed by atoms with Crippen molar-refractivity contribution in [2.75, 3.05) is 11.9 Å². The minimum Gasteiger partial charge on any atom is -0.494 e. The zero-order valence-electron chi connectivity index (χ0n) is 18.4. The Hall–Kier alpha value is -3.48. The van der Waals surface area contributed by atoms with Gasteiger partial charge in [-0.25, -0.2) is 9.07 Å². The first-order valence-electron chi connectivity index (χ1n) is 10.8. The van der Waals surface area contributed by atoms with Crippen LogP contribution in [0.15, 0.2) is 59.8 Å². The number of benzene rings is 2. The number of aromatic nitrogens is 3. The number of para-hydroxylation sites is 1. The first kappa shape index (κ1) is 20.4. The average molecular weight is 432 g/mol. The number of hydrogen-bond donors (Lipinski definition) is 1. The van der Waals surface area contributed by atoms with Crippen molar-refractivity contribution in [2.24, 2.45) is 5.41 Å². The number of ketones is 1. The van der Waals surface area contributed by atoms with Gasteiger partial charge in [0.2, 0.25) is 5.95 Å². The van der Waals surface area contributed by atoms with Crippen LogP contribution in [-0.4, -0.2) is 27.2 Å². The molecule has 0 saturated carbocycles. The normalized spacial score (nSPS) is 19.2. The number of hydrogen-bond acceptors (Lipinski definition) is 5. The molecule has 1 N–H and O–H groups in total. The van der Waals surface area contributed by atoms with Gasteiger partial charge >= 0.3 is 0 Å². The van der Waals surface area contributed by atoms with Gasteiger partial charge in [0.15, 0.2) is 11.6 Å². The largest absolute Gasteiger partial charge is 0.494 e. The first-order chi connectivity index (χ1) is 15.4. The van der Waals surface area contributed by atoms with Crippen LogP contribution in [0.4, 0.5) is 10.3 Å². The lowest BCUT2D eigenvalue weighted by molar-refractivity contribution is -0.118. The van der Waals surface area contributed by atoms with Crippen molar-refractivity contribution in [3.05, 3.63) is 71.2 Å². The number of allylic oxidation sites excluding steroid dienone is 2. The van der Waals surface area contributed by atoms with Gasteiger partial charge in [-0.05, 0) is 49.1 Å². The minimum absolute atomic E-state index is 0.101. The maximum absolute atomic E-state index is 13.4. The van der Waals surface area contributed by atoms with E-state index in [1.807, 2.05) is 31.2 Å². The fourth-order valence-electron chi connectivity index (χ4n) is 4.61. The summed E-state index contributed by atoms with van der Waals surface area (Å²) in [4.78, 5) is 18.1. The molecule has 164 valence electrons. The van der Waals surface area contributed by atoms with Crippen molar-refractivity contribution >= 4 is 11.7 Å². The van der Waals surface area contributed by atoms with Gasteiger partial charge < -0.3 is 10.1 Å². The number of nitrogens with zero attached hydrogens (tertiary/aromatic N) is 3. The lowest BCUT2D eigenvalue weighted by Crippen LogP contribution is -2.36. The number of ether oxygens (including phenoxy) is 1. The van der Waals surface area contributed by atoms with E-state index in [-0.39, 0.29) is 17.0 Å². The molecule has 1 aliphatic carbocycles. The number of fused-ring (bicyclic) bond motifs is 1. The second-order valence-electron chi connectivity index (χ2n) is 9.04. The Bertz CT molecular complexity index is 1230. The smallest absolute Gasteiger partial charge is 0.226 e. The maximum atomic E-state index is 13.4. The summed E-state index contributed by atoms with van der Waals surface area (Å²) in [5.41, 5.74) is 3.02. The minimum atomic E-state index is -0.450. The Kier molecular flexibility index (Phi) is 4.84. The second-order valence-corrected chi connectivity index (χ2v) is 9.04. The van der Waals surface area contributed by atoms with E-state index in [0.29, 0.717) is 35.9 Å². The van der Waals surface area contributed by atoms with Gasteiger partial charge in [-0.15, -0.1) is 5.10 Å². The van der Waals surface area contributed by atoms with Crippen molar-refractivity contribution in [3.8, 4) is 17.1 Å². The van der Waals surface area contributed by atoms with Gasteiger partial charge in [0, 0.05) is 28.8 Å². The molecule has 1 unspecified atom stereocenters. The summed E-state index contributed by atoms with van der Waals surface area (Å²) in [6, 6.07) is 13.4. The molecular weight excluding hydrogens is 407 g/mol. The van der Waals surface area contributed by atoms with Crippen molar-refractivity contribution in [1.29, 1.82) is 0 Å². The molecule has 0 fully saturated rings. The molecule has 1 aromatic heterocycles. The van der Waals surface area contributed by atoms with E-state index in [4.69, 9.17) is 14.8 Å². The standard InChI is InChI=1S/C25H25FN4O2/c1-4-32-20-8-6-5-7-17(20)22-21-18(13-25(2,3)14-19(21)31)27-24-28-23(29-30(22)24)15-9-11-16(26)12-10-15/h5-12,22H,4,13-14H2,1-3H3,(H,27,28,29). The highest BCUT2D eigenvalue weighted by atomic mass is 19.1. The molecule has 0 amide bonds. The van der Waals surface area contributed by atoms with E-state index < -0.39 is 6.04 Å². The van der Waals surface area contributed by atoms with Crippen LogP contribution in [-0.2, 0) is 4.79 Å². The van der Waals surface area contributed by atoms with Crippen molar-refractivity contribution in [2.45, 2.75) is 39.7 Å². The molecular formula is C25H25FN4O2. The van der Waals surface area contributed by atoms with Crippen LogP contribution in [0.25, 0.3) is 11.4 Å². The monoisotopic (exact) mass is 432 g/mol. The third-order valence-electron chi connectivity index (χ3n) is 5.95. The number of anilines is 1. The van der Waals surface area contributed by atoms with E-state index in [9.17, 15) is 9.18 Å². The molecule has 2 aliphatic rings. The van der Waals surface area contributed by atoms with Crippen LogP contribution < -0.4 is 10.1 Å². The maximum Gasteiger partial charge on any atom is 0.226 e. The SMILES string of the molecule is CCOc1ccccc1C1C2=C(CC(C)(C)CC2=O)Nc2nc(-c3ccc(F)cc3)nn21. The fourth-order valence-corrected chi connectivity index (χ4v) is 4.61. The second kappa shape index (κ2) is 7.58. The molecule has 2 heterocycles. The van der Waals surface area contributed by atoms with Gasteiger partial charge in [0.25, 0.3) is 0 Å². The van der Waals surface area contributed by atoms with E-state index in [2.05, 4.69) is 19.2 Å². The van der Waals surface area contributed by atoms with Crippen molar-refractivity contribution in [1.82, 2.24) is 14.8 Å². The molecule has 0 saturated heterocycles. The van der Waals surface area contributed by atoms with Crippen molar-refractivity contribution in [3.63, 3.8) is 0 Å². The molecule has 1 aliphatic heterocycles. The number of nitrogens with one attached hydrogen (secondary N) is 1. The van der Waals surface area contributed by atoms with Gasteiger partial charge in [-0.3, -0.25) is 4.79 Å². The molecule has 3 aromatic rings. The lowest BCUT2D eigenvalue weighted by atomic mass is 9.73. The summed E-state index contributed by atoms with van der Waals surface area (Å²) in [6.07, 6.45) is 1.20. The lowest BCUT2D eigenvalue weighted by Gasteiger charge is -2.38. The van der Waals surface area contributed by atoms with E-state index in [1.165, 1.54) is 12.1 Å². The van der Waals surface area contributed by atoms with Crippen LogP contribution in [0.3, 0.4) is 0 Å². The number of Topliss-reactive ketones (excluding diaryl/α,β-unsaturated/α-hetero) is 1. The summed E-state index contributed by atoms with van der Waals surface area (Å²) in [5.74, 6) is 1.54. The molecule has 32 heavy (non-hydrogen) atoms. The molecule has 0 spiro atoms. The highest BCUT2D eigenvalue weighted by Crippen LogP contribution is 2.47. The molecule has 0 radical (unpaired) electrons. The molecule has 0 bridgehead atoms. The summed E-state index contributed by atoms with van der Waals surface area (Å²) in [7, 11) is 0. The Labute approximate surface area is 186 Å². The van der Waals surface area contributed by atoms with Crippen LogP contribution in [0, 0.1) is 11.2 Å². The number of carbonyl (C=O) groups excluding carboxylic acids is 1. The first-order valence-corrected chi connectivity index (χ1v) is 10.8. The predicted molar refractivity (Wildman–Crippen MR) is 120 cm³/mol. The Morgan fingerprint density at radius 1 is 1.16 bits per heavy atom. The summed E-state index contributed by atoms with van der Waals surface area (Å²) in [5, 5.41) is 8.12. The van der Waals surface area contributed by atoms with Gasteiger partial charge in [0.05, 0.1) is 6.61 Å². The molecule has 1 atom stereocenters. The van der Waals surface area contributed by atoms with Crippen LogP contribution in [0.5, 0.6) is 5.75 Å². The number of rotatable bonds is 4. The van der Waals surface area contributed by atoms with Crippen LogP contribution in [0.2, 0.25) is 0 Å². The number of halogens is 1. The molecule has 5 rings (SSSR count). The summed E-state index contributed by atoms with van der Waals surface area (Å²) >= 11 is 0. The summed E-state index contributed by atoms with van der Waals surface area (Å²) in [6.45, 7) is 6.65. The quantitative estimate of drug-likeness (QED) is 0.618. The van der Waals surface area contributed by atoms with E-state index in [1.54, 1.807) is 16.8 Å². The van der Waals surface area contributed by atoms with Gasteiger partial charge in [-0.2, -0.15) is 4.98 Å². The molecule has 7 heteroatoms. The highest BCUT2D eigenvalue weighted by Gasteiger charge is 2.42. The topological polar surface area (TPSA) is 69.0 Å². The Morgan fingerprint density at radius 2 is 1.91 bits per heavy atom. The molecule has 2 aromatic carbocycles. The Balaban J connectivity index is 1.70. The zero-order valence-corrected chi connectivity index (χ0v) is 18.4. The van der Waals surface area contributed by atoms with Gasteiger partial charge in [0.1, 0.15) is 17.6 Å². The third kappa shape index (κ3) is 3.47. The van der Waals surface area contributed by atoms with E-state index >= 15 is 0 Å². The number of carbonyl (C=O) groups is 1. The predicted octanol–water partition coefficient (Wildman–Crippen LogP) is 5.14. The van der Waals surface area contributed by atoms with Crippen LogP contribution in [0.1, 0.15) is 45.2 Å². The zero-order chi connectivity index (χ0) is 22.5. The van der Waals surface area contributed by atoms with E-state index in [0.717, 1.165) is 23.4 Å².